The lowest BCUT2D eigenvalue weighted by Gasteiger charge is -2.29. The molecule has 14 heteroatoms. The fourth-order valence-corrected chi connectivity index (χ4v) is 7.01. The average molecular weight is 784 g/mol. The summed E-state index contributed by atoms with van der Waals surface area (Å²) >= 11 is 0. The number of benzene rings is 3. The number of hydrogen-bond acceptors (Lipinski definition) is 9. The van der Waals surface area contributed by atoms with Crippen LogP contribution in [0.1, 0.15) is 61.5 Å². The van der Waals surface area contributed by atoms with Gasteiger partial charge in [0.15, 0.2) is 11.5 Å². The highest BCUT2D eigenvalue weighted by Gasteiger charge is 2.34. The summed E-state index contributed by atoms with van der Waals surface area (Å²) in [5.41, 5.74) is 1.63. The van der Waals surface area contributed by atoms with Gasteiger partial charge < -0.3 is 45.1 Å². The van der Waals surface area contributed by atoms with Crippen molar-refractivity contribution in [2.24, 2.45) is 11.8 Å². The summed E-state index contributed by atoms with van der Waals surface area (Å²) in [4.78, 5) is 71.3. The van der Waals surface area contributed by atoms with E-state index in [2.05, 4.69) is 35.1 Å². The summed E-state index contributed by atoms with van der Waals surface area (Å²) in [6.07, 6.45) is 2.70. The number of nitrogens with one attached hydrogen (secondary N) is 4. The van der Waals surface area contributed by atoms with Gasteiger partial charge in [-0.1, -0.05) is 44.2 Å². The molecule has 3 aromatic carbocycles. The molecule has 0 unspecified atom stereocenters. The summed E-state index contributed by atoms with van der Waals surface area (Å²) in [6.45, 7) is 6.73. The van der Waals surface area contributed by atoms with Gasteiger partial charge in [-0.3, -0.25) is 24.0 Å². The third-order valence-corrected chi connectivity index (χ3v) is 10.2. The number of para-hydroxylation sites is 1. The quantitative estimate of drug-likeness (QED) is 0.238. The first kappa shape index (κ1) is 40.9. The van der Waals surface area contributed by atoms with Gasteiger partial charge in [0.25, 0.3) is 5.91 Å². The highest BCUT2D eigenvalue weighted by atomic mass is 16.6. The molecule has 57 heavy (non-hydrogen) atoms. The van der Waals surface area contributed by atoms with Crippen LogP contribution >= 0.6 is 0 Å². The molecule has 0 aromatic heterocycles. The molecule has 3 aromatic rings. The van der Waals surface area contributed by atoms with Crippen molar-refractivity contribution in [3.05, 3.63) is 83.4 Å². The maximum absolute atomic E-state index is 14.4. The van der Waals surface area contributed by atoms with E-state index in [4.69, 9.17) is 18.9 Å². The Morgan fingerprint density at radius 3 is 2.33 bits per heavy atom. The number of hydrogen-bond donors (Lipinski definition) is 4. The Hall–Kier alpha value is -5.79. The van der Waals surface area contributed by atoms with Gasteiger partial charge in [-0.25, -0.2) is 0 Å². The molecule has 5 amide bonds. The van der Waals surface area contributed by atoms with Crippen LogP contribution in [-0.4, -0.2) is 98.6 Å². The minimum absolute atomic E-state index is 0.0674. The van der Waals surface area contributed by atoms with Crippen molar-refractivity contribution in [3.8, 4) is 23.0 Å². The maximum atomic E-state index is 14.4. The molecule has 7 rings (SSSR count). The van der Waals surface area contributed by atoms with Crippen LogP contribution in [0.15, 0.2) is 66.7 Å². The molecule has 0 spiro atoms. The molecule has 3 aliphatic heterocycles. The number of amides is 5. The van der Waals surface area contributed by atoms with Crippen LogP contribution in [0.25, 0.3) is 0 Å². The van der Waals surface area contributed by atoms with Crippen LogP contribution in [-0.2, 0) is 32.0 Å². The third kappa shape index (κ3) is 11.4. The van der Waals surface area contributed by atoms with E-state index < -0.39 is 41.8 Å². The highest BCUT2D eigenvalue weighted by molar-refractivity contribution is 6.01. The van der Waals surface area contributed by atoms with E-state index >= 15 is 0 Å². The number of carbonyl (C=O) groups excluding carboxylic acids is 5. The van der Waals surface area contributed by atoms with Crippen LogP contribution in [0.5, 0.6) is 23.0 Å². The van der Waals surface area contributed by atoms with Gasteiger partial charge in [0.2, 0.25) is 23.6 Å². The van der Waals surface area contributed by atoms with Crippen LogP contribution in [0, 0.1) is 11.8 Å². The molecule has 2 bridgehead atoms. The molecule has 304 valence electrons. The Morgan fingerprint density at radius 2 is 1.63 bits per heavy atom. The summed E-state index contributed by atoms with van der Waals surface area (Å²) in [5, 5.41) is 11.6. The van der Waals surface area contributed by atoms with Gasteiger partial charge in [0, 0.05) is 19.4 Å². The normalized spacial score (nSPS) is 22.2. The second kappa shape index (κ2) is 18.9. The number of nitrogens with zero attached hydrogens (tertiary/aromatic N) is 1. The van der Waals surface area contributed by atoms with Crippen molar-refractivity contribution in [1.29, 1.82) is 0 Å². The lowest BCUT2D eigenvalue weighted by atomic mass is 10.0. The van der Waals surface area contributed by atoms with Crippen molar-refractivity contribution in [2.75, 3.05) is 40.0 Å². The second-order valence-corrected chi connectivity index (χ2v) is 15.4. The van der Waals surface area contributed by atoms with Crippen molar-refractivity contribution in [2.45, 2.75) is 77.0 Å². The van der Waals surface area contributed by atoms with Gasteiger partial charge in [0.1, 0.15) is 49.4 Å². The molecule has 1 saturated carbocycles. The molecule has 4 N–H and O–H groups in total. The molecule has 4 atom stereocenters. The van der Waals surface area contributed by atoms with E-state index in [0.29, 0.717) is 42.4 Å². The van der Waals surface area contributed by atoms with Gasteiger partial charge in [0.05, 0.1) is 25.3 Å². The first-order valence-electron chi connectivity index (χ1n) is 19.7. The predicted molar refractivity (Wildman–Crippen MR) is 211 cm³/mol. The zero-order valence-electron chi connectivity index (χ0n) is 33.0. The largest absolute Gasteiger partial charge is 0.497 e. The van der Waals surface area contributed by atoms with Crippen LogP contribution in [0.2, 0.25) is 0 Å². The number of carbonyl (C=O) groups is 5. The van der Waals surface area contributed by atoms with Gasteiger partial charge >= 0.3 is 0 Å². The van der Waals surface area contributed by atoms with Crippen LogP contribution in [0.4, 0.5) is 0 Å². The van der Waals surface area contributed by atoms with E-state index in [1.165, 1.54) is 4.90 Å². The first-order chi connectivity index (χ1) is 27.4. The lowest BCUT2D eigenvalue weighted by Crippen LogP contribution is -2.58. The standard InChI is InChI=1S/C43H53N5O9/c1-26(2)20-31-25-57-33-16-12-29(13-17-33)22-36(46-40(50)34-6-5-7-37-39(34)56-19-18-55-37)42(52)47-35(21-28-10-14-32(54-4)15-11-28)41(51)44-27(3)43(53)48(23-30-8-9-30)24-38(49)45-31/h5-7,10-17,26-27,30-31,35-36H,8-9,18-25H2,1-4H3,(H,44,51)(H,45,49)(H,46,50)(H,47,52)/t27-,31+,35+,36+/m1/s1. The topological polar surface area (TPSA) is 174 Å². The molecular formula is C43H53N5O9. The molecule has 1 fully saturated rings. The molecule has 1 aliphatic carbocycles. The summed E-state index contributed by atoms with van der Waals surface area (Å²) in [7, 11) is 1.55. The number of rotatable bonds is 9. The van der Waals surface area contributed by atoms with E-state index in [9.17, 15) is 24.0 Å². The molecule has 3 heterocycles. The van der Waals surface area contributed by atoms with Crippen molar-refractivity contribution in [3.63, 3.8) is 0 Å². The van der Waals surface area contributed by atoms with Crippen molar-refractivity contribution >= 4 is 29.5 Å². The van der Waals surface area contributed by atoms with Crippen molar-refractivity contribution in [1.82, 2.24) is 26.2 Å². The number of methoxy groups -OCH3 is 1. The monoisotopic (exact) mass is 783 g/mol. The fraction of sp³-hybridized carbons (Fsp3) is 0.465. The number of ether oxygens (including phenoxy) is 4. The van der Waals surface area contributed by atoms with Gasteiger partial charge in [-0.15, -0.1) is 0 Å². The molecule has 0 saturated heterocycles. The predicted octanol–water partition coefficient (Wildman–Crippen LogP) is 3.20. The molecule has 4 aliphatic rings. The minimum Gasteiger partial charge on any atom is -0.497 e. The van der Waals surface area contributed by atoms with E-state index in [0.717, 1.165) is 18.4 Å². The Morgan fingerprint density at radius 1 is 0.895 bits per heavy atom. The minimum atomic E-state index is -1.15. The Kier molecular flexibility index (Phi) is 13.5. The summed E-state index contributed by atoms with van der Waals surface area (Å²) in [6, 6.07) is 15.6. The van der Waals surface area contributed by atoms with E-state index in [1.807, 2.05) is 12.1 Å². The third-order valence-electron chi connectivity index (χ3n) is 10.2. The van der Waals surface area contributed by atoms with Crippen LogP contribution < -0.4 is 40.2 Å². The second-order valence-electron chi connectivity index (χ2n) is 15.4. The summed E-state index contributed by atoms with van der Waals surface area (Å²) in [5.74, 6) is -0.0614. The lowest BCUT2D eigenvalue weighted by molar-refractivity contribution is -0.140. The fourth-order valence-electron chi connectivity index (χ4n) is 7.01. The SMILES string of the molecule is COc1ccc(C[C@@H]2NC(=O)[C@@H](NC(=O)c3cccc4c3OCCO4)Cc3ccc(cc3)OC[C@H](CC(C)C)NC(=O)CN(CC3CC3)C(=O)[C@@H](C)NC2=O)cc1. The van der Waals surface area contributed by atoms with Gasteiger partial charge in [-0.05, 0) is 85.5 Å². The highest BCUT2D eigenvalue weighted by Crippen LogP contribution is 2.34. The zero-order chi connectivity index (χ0) is 40.5. The molecule has 0 radical (unpaired) electrons. The van der Waals surface area contributed by atoms with Gasteiger partial charge in [-0.2, -0.15) is 0 Å². The molecular weight excluding hydrogens is 730 g/mol. The van der Waals surface area contributed by atoms with E-state index in [-0.39, 0.29) is 67.7 Å². The van der Waals surface area contributed by atoms with E-state index in [1.54, 1.807) is 68.6 Å². The Balaban J connectivity index is 1.32. The molecule has 14 nitrogen and oxygen atoms in total. The number of fused-ring (bicyclic) bond motifs is 18. The first-order valence-corrected chi connectivity index (χ1v) is 19.7. The van der Waals surface area contributed by atoms with Crippen molar-refractivity contribution < 1.29 is 42.9 Å². The average Bonchev–Trinajstić information content (AvgIpc) is 4.03. The smallest absolute Gasteiger partial charge is 0.255 e. The Bertz CT molecular complexity index is 1900. The maximum Gasteiger partial charge on any atom is 0.255 e. The Labute approximate surface area is 333 Å². The van der Waals surface area contributed by atoms with Crippen LogP contribution in [0.3, 0.4) is 0 Å². The zero-order valence-corrected chi connectivity index (χ0v) is 33.0. The summed E-state index contributed by atoms with van der Waals surface area (Å²) < 4.78 is 22.9.